The maximum Gasteiger partial charge on any atom is 0.251 e. The van der Waals surface area contributed by atoms with Crippen molar-refractivity contribution in [3.8, 4) is 11.5 Å². The Morgan fingerprint density at radius 1 is 1.00 bits per heavy atom. The third-order valence-corrected chi connectivity index (χ3v) is 5.71. The average Bonchev–Trinajstić information content (AvgIpc) is 2.71. The van der Waals surface area contributed by atoms with Crippen LogP contribution in [0.2, 0.25) is 0 Å². The third kappa shape index (κ3) is 6.18. The minimum atomic E-state index is -3.68. The molecule has 0 aliphatic heterocycles. The fraction of sp³-hybridized carbons (Fsp3) is 0.350. The second kappa shape index (κ2) is 10.2. The Labute approximate surface area is 171 Å². The number of methoxy groups -OCH3 is 3. The number of amides is 1. The van der Waals surface area contributed by atoms with Crippen LogP contribution in [0.1, 0.15) is 22.8 Å². The smallest absolute Gasteiger partial charge is 0.251 e. The molecule has 1 amide bonds. The zero-order valence-electron chi connectivity index (χ0n) is 16.9. The quantitative estimate of drug-likeness (QED) is 0.607. The highest BCUT2D eigenvalue weighted by Gasteiger charge is 2.18. The van der Waals surface area contributed by atoms with Crippen LogP contribution in [0.25, 0.3) is 0 Å². The van der Waals surface area contributed by atoms with Gasteiger partial charge in [-0.15, -0.1) is 0 Å². The van der Waals surface area contributed by atoms with Crippen molar-refractivity contribution in [1.29, 1.82) is 0 Å². The number of sulfonamides is 1. The molecule has 0 bridgehead atoms. The first-order chi connectivity index (χ1) is 13.8. The Bertz CT molecular complexity index is 928. The molecule has 29 heavy (non-hydrogen) atoms. The van der Waals surface area contributed by atoms with Crippen molar-refractivity contribution < 1.29 is 27.4 Å². The molecule has 0 heterocycles. The number of rotatable bonds is 10. The molecule has 2 rings (SSSR count). The predicted molar refractivity (Wildman–Crippen MR) is 109 cm³/mol. The van der Waals surface area contributed by atoms with Crippen LogP contribution in [-0.4, -0.2) is 48.3 Å². The second-order valence-corrected chi connectivity index (χ2v) is 8.09. The molecule has 1 atom stereocenters. The van der Waals surface area contributed by atoms with Gasteiger partial charge in [0.25, 0.3) is 5.91 Å². The Hall–Kier alpha value is -2.62. The lowest BCUT2D eigenvalue weighted by Gasteiger charge is -2.13. The largest absolute Gasteiger partial charge is 0.493 e. The molecule has 8 nitrogen and oxygen atoms in total. The number of carbonyl (C=O) groups is 1. The van der Waals surface area contributed by atoms with E-state index in [-0.39, 0.29) is 30.0 Å². The number of hydrogen-bond acceptors (Lipinski definition) is 6. The van der Waals surface area contributed by atoms with Crippen LogP contribution in [0.4, 0.5) is 0 Å². The van der Waals surface area contributed by atoms with E-state index in [1.807, 2.05) is 6.07 Å². The molecule has 0 fully saturated rings. The van der Waals surface area contributed by atoms with Crippen molar-refractivity contribution in [2.75, 3.05) is 27.9 Å². The molecule has 0 aliphatic carbocycles. The van der Waals surface area contributed by atoms with Gasteiger partial charge in [0.05, 0.1) is 25.7 Å². The van der Waals surface area contributed by atoms with Crippen molar-refractivity contribution in [2.24, 2.45) is 0 Å². The highest BCUT2D eigenvalue weighted by Crippen LogP contribution is 2.27. The zero-order chi connectivity index (χ0) is 21.4. The molecular weight excluding hydrogens is 396 g/mol. The summed E-state index contributed by atoms with van der Waals surface area (Å²) in [6, 6.07) is 10.7. The van der Waals surface area contributed by atoms with Crippen LogP contribution in [0, 0.1) is 0 Å². The number of carbonyl (C=O) groups excluding carboxylic acids is 1. The molecule has 2 aromatic rings. The number of benzene rings is 2. The number of ether oxygens (including phenoxy) is 3. The van der Waals surface area contributed by atoms with E-state index in [4.69, 9.17) is 14.2 Å². The molecular formula is C20H26N2O6S. The van der Waals surface area contributed by atoms with Crippen molar-refractivity contribution in [1.82, 2.24) is 10.0 Å². The first-order valence-corrected chi connectivity index (χ1v) is 10.4. The normalized spacial score (nSPS) is 12.3. The summed E-state index contributed by atoms with van der Waals surface area (Å²) in [7, 11) is 0.914. The lowest BCUT2D eigenvalue weighted by molar-refractivity contribution is 0.0950. The molecule has 2 aromatic carbocycles. The van der Waals surface area contributed by atoms with Crippen LogP contribution in [0.15, 0.2) is 47.4 Å². The molecule has 0 saturated heterocycles. The Kier molecular flexibility index (Phi) is 8.00. The van der Waals surface area contributed by atoms with E-state index in [0.717, 1.165) is 5.56 Å². The maximum atomic E-state index is 12.4. The summed E-state index contributed by atoms with van der Waals surface area (Å²) < 4.78 is 42.5. The maximum absolute atomic E-state index is 12.4. The summed E-state index contributed by atoms with van der Waals surface area (Å²) in [5.74, 6) is 0.862. The van der Waals surface area contributed by atoms with E-state index >= 15 is 0 Å². The van der Waals surface area contributed by atoms with Crippen molar-refractivity contribution in [2.45, 2.75) is 24.4 Å². The van der Waals surface area contributed by atoms with Gasteiger partial charge in [-0.3, -0.25) is 4.79 Å². The lowest BCUT2D eigenvalue weighted by atomic mass is 10.1. The van der Waals surface area contributed by atoms with Crippen molar-refractivity contribution in [3.05, 3.63) is 53.6 Å². The monoisotopic (exact) mass is 422 g/mol. The van der Waals surface area contributed by atoms with Crippen LogP contribution >= 0.6 is 0 Å². The average molecular weight is 423 g/mol. The molecule has 9 heteroatoms. The van der Waals surface area contributed by atoms with E-state index in [1.165, 1.54) is 31.4 Å². The van der Waals surface area contributed by atoms with E-state index in [2.05, 4.69) is 10.0 Å². The van der Waals surface area contributed by atoms with Gasteiger partial charge in [0, 0.05) is 25.3 Å². The SMILES string of the molecule is COC[C@@H](C)NS(=O)(=O)c1ccc(C(=O)NCc2ccc(OC)c(OC)c2)cc1. The topological polar surface area (TPSA) is 103 Å². The highest BCUT2D eigenvalue weighted by atomic mass is 32.2. The van der Waals surface area contributed by atoms with Gasteiger partial charge in [-0.1, -0.05) is 6.07 Å². The second-order valence-electron chi connectivity index (χ2n) is 6.37. The van der Waals surface area contributed by atoms with Crippen LogP contribution in [0.3, 0.4) is 0 Å². The fourth-order valence-electron chi connectivity index (χ4n) is 2.68. The summed E-state index contributed by atoms with van der Waals surface area (Å²) in [5.41, 5.74) is 1.20. The standard InChI is InChI=1S/C20H26N2O6S/c1-14(13-26-2)22-29(24,25)17-8-6-16(7-9-17)20(23)21-12-15-5-10-18(27-3)19(11-15)28-4/h5-11,14,22H,12-13H2,1-4H3,(H,21,23)/t14-/m1/s1. The van der Waals surface area contributed by atoms with Gasteiger partial charge < -0.3 is 19.5 Å². The summed E-state index contributed by atoms with van der Waals surface area (Å²) in [6.45, 7) is 2.25. The minimum Gasteiger partial charge on any atom is -0.493 e. The van der Waals surface area contributed by atoms with E-state index in [1.54, 1.807) is 33.3 Å². The van der Waals surface area contributed by atoms with Gasteiger partial charge in [-0.05, 0) is 48.9 Å². The van der Waals surface area contributed by atoms with Gasteiger partial charge in [0.1, 0.15) is 0 Å². The Morgan fingerprint density at radius 3 is 2.24 bits per heavy atom. The molecule has 0 spiro atoms. The predicted octanol–water partition coefficient (Wildman–Crippen LogP) is 1.95. The first kappa shape index (κ1) is 22.7. The van der Waals surface area contributed by atoms with Gasteiger partial charge in [-0.2, -0.15) is 0 Å². The van der Waals surface area contributed by atoms with Gasteiger partial charge in [-0.25, -0.2) is 13.1 Å². The van der Waals surface area contributed by atoms with Gasteiger partial charge in [0.15, 0.2) is 11.5 Å². The Balaban J connectivity index is 2.02. The zero-order valence-corrected chi connectivity index (χ0v) is 17.7. The summed E-state index contributed by atoms with van der Waals surface area (Å²) in [4.78, 5) is 12.5. The Morgan fingerprint density at radius 2 is 1.66 bits per heavy atom. The van der Waals surface area contributed by atoms with Crippen LogP contribution in [-0.2, 0) is 21.3 Å². The molecule has 0 saturated carbocycles. The van der Waals surface area contributed by atoms with E-state index in [0.29, 0.717) is 17.1 Å². The molecule has 2 N–H and O–H groups in total. The molecule has 158 valence electrons. The minimum absolute atomic E-state index is 0.0805. The summed E-state index contributed by atoms with van der Waals surface area (Å²) >= 11 is 0. The number of hydrogen-bond donors (Lipinski definition) is 2. The summed E-state index contributed by atoms with van der Waals surface area (Å²) in [6.07, 6.45) is 0. The molecule has 0 aromatic heterocycles. The third-order valence-electron chi connectivity index (χ3n) is 4.10. The van der Waals surface area contributed by atoms with Gasteiger partial charge in [0.2, 0.25) is 10.0 Å². The lowest BCUT2D eigenvalue weighted by Crippen LogP contribution is -2.35. The van der Waals surface area contributed by atoms with Gasteiger partial charge >= 0.3 is 0 Å². The van der Waals surface area contributed by atoms with E-state index in [9.17, 15) is 13.2 Å². The fourth-order valence-corrected chi connectivity index (χ4v) is 3.91. The van der Waals surface area contributed by atoms with Crippen molar-refractivity contribution in [3.63, 3.8) is 0 Å². The van der Waals surface area contributed by atoms with Crippen LogP contribution in [0.5, 0.6) is 11.5 Å². The highest BCUT2D eigenvalue weighted by molar-refractivity contribution is 7.89. The van der Waals surface area contributed by atoms with Crippen LogP contribution < -0.4 is 19.5 Å². The first-order valence-electron chi connectivity index (χ1n) is 8.91. The van der Waals surface area contributed by atoms with E-state index < -0.39 is 10.0 Å². The molecule has 0 aliphatic rings. The molecule has 0 radical (unpaired) electrons. The van der Waals surface area contributed by atoms with Crippen molar-refractivity contribution >= 4 is 15.9 Å². The molecule has 0 unspecified atom stereocenters. The number of nitrogens with one attached hydrogen (secondary N) is 2. The summed E-state index contributed by atoms with van der Waals surface area (Å²) in [5, 5.41) is 2.79.